The van der Waals surface area contributed by atoms with Gasteiger partial charge in [-0.15, -0.1) is 0 Å². The highest BCUT2D eigenvalue weighted by molar-refractivity contribution is 7.85. The van der Waals surface area contributed by atoms with Gasteiger partial charge in [-0.2, -0.15) is 23.5 Å². The predicted octanol–water partition coefficient (Wildman–Crippen LogP) is 5.65. The normalized spacial score (nSPS) is 15.8. The molecule has 0 aliphatic heterocycles. The van der Waals surface area contributed by atoms with E-state index in [4.69, 9.17) is 4.74 Å². The smallest absolute Gasteiger partial charge is 0.416 e. The number of aromatic nitrogens is 4. The summed E-state index contributed by atoms with van der Waals surface area (Å²) >= 11 is 0. The van der Waals surface area contributed by atoms with Crippen LogP contribution in [-0.2, 0) is 25.8 Å². The third kappa shape index (κ3) is 10.5. The molecule has 5 aromatic rings. The molecule has 0 spiro atoms. The lowest BCUT2D eigenvalue weighted by Crippen LogP contribution is -2.44. The van der Waals surface area contributed by atoms with Crippen molar-refractivity contribution in [3.05, 3.63) is 118 Å². The van der Waals surface area contributed by atoms with Gasteiger partial charge in [0.1, 0.15) is 29.0 Å². The van der Waals surface area contributed by atoms with E-state index in [1.54, 1.807) is 43.3 Å². The Morgan fingerprint density at radius 2 is 1.62 bits per heavy atom. The summed E-state index contributed by atoms with van der Waals surface area (Å²) in [5.41, 5.74) is -0.239. The topological polar surface area (TPSA) is 181 Å². The Balaban J connectivity index is 0.000000559. The maximum Gasteiger partial charge on any atom is 0.416 e. The summed E-state index contributed by atoms with van der Waals surface area (Å²) in [4.78, 5) is 40.5. The predicted molar refractivity (Wildman–Crippen MR) is 205 cm³/mol. The first-order valence-electron chi connectivity index (χ1n) is 18.1. The number of likely N-dealkylation sites (N-methyl/N-ethyl adjacent to an activating group) is 1. The third-order valence-electron chi connectivity index (χ3n) is 9.47. The van der Waals surface area contributed by atoms with E-state index in [0.717, 1.165) is 21.3 Å². The lowest BCUT2D eigenvalue weighted by molar-refractivity contribution is -0.870. The minimum Gasteiger partial charge on any atom is -0.744 e. The summed E-state index contributed by atoms with van der Waals surface area (Å²) in [7, 11) is 1.77. The van der Waals surface area contributed by atoms with Crippen molar-refractivity contribution >= 4 is 22.1 Å². The van der Waals surface area contributed by atoms with Crippen molar-refractivity contribution in [1.82, 2.24) is 24.2 Å². The standard InChI is InChI=1S/C34H36F3N7O4.C6H6O3S/c1-22-30(29-16-17-39-43(29)27-14-8-23(21-38)9-15-27)42(33(47)41(22)28-7-5-6-25(20-28)34(35,36)37)32(46)40-26-12-10-24(11-13-26)31(45)48-19-18-44(2,3)4;7-10(8,9)6-4-2-1-3-5-6/h5-9,14-17,20,24,26H,10-13,18-19H2,1-4H3;1-5H,(H,7,8,9)/t24-,26-;. The SMILES string of the molecule is Cc1c(-c2ccnn2-c2ccc(C#N)cc2)n(C(=O)N[C@H]2CC[C@H](C(=O)OCC[N+](C)(C)C)CC2)c(=O)n1-c1cccc(C(F)(F)F)c1.O=S(=O)([O-])c1ccccc1. The van der Waals surface area contributed by atoms with Gasteiger partial charge in [-0.05, 0) is 93.3 Å². The number of quaternary nitrogens is 1. The van der Waals surface area contributed by atoms with Crippen LogP contribution in [0.2, 0.25) is 0 Å². The number of halogens is 3. The molecular formula is C40H42F3N7O7S. The second-order valence-electron chi connectivity index (χ2n) is 14.7. The Kier molecular flexibility index (Phi) is 13.1. The molecule has 1 aliphatic carbocycles. The number of amides is 1. The third-order valence-corrected chi connectivity index (χ3v) is 10.3. The number of carbonyl (C=O) groups excluding carboxylic acids is 2. The average Bonchev–Trinajstić information content (AvgIpc) is 3.76. The van der Waals surface area contributed by atoms with E-state index in [1.807, 2.05) is 27.2 Å². The second-order valence-corrected chi connectivity index (χ2v) is 16.0. The van der Waals surface area contributed by atoms with E-state index < -0.39 is 33.6 Å². The number of rotatable bonds is 9. The zero-order valence-corrected chi connectivity index (χ0v) is 33.0. The van der Waals surface area contributed by atoms with Gasteiger partial charge < -0.3 is 19.1 Å². The van der Waals surface area contributed by atoms with Crippen LogP contribution in [0.5, 0.6) is 0 Å². The number of esters is 1. The molecule has 2 heterocycles. The van der Waals surface area contributed by atoms with Crippen LogP contribution in [-0.4, -0.2) is 88.7 Å². The van der Waals surface area contributed by atoms with E-state index >= 15 is 0 Å². The Labute approximate surface area is 333 Å². The molecule has 1 aliphatic rings. The molecule has 306 valence electrons. The minimum atomic E-state index is -4.65. The maximum absolute atomic E-state index is 14.0. The zero-order valence-electron chi connectivity index (χ0n) is 32.1. The summed E-state index contributed by atoms with van der Waals surface area (Å²) in [6, 6.07) is 20.6. The van der Waals surface area contributed by atoms with Gasteiger partial charge in [0.05, 0.1) is 78.1 Å². The fourth-order valence-electron chi connectivity index (χ4n) is 6.42. The molecule has 2 aromatic heterocycles. The minimum absolute atomic E-state index is 0.0613. The number of ether oxygens (including phenoxy) is 1. The molecule has 0 bridgehead atoms. The van der Waals surface area contributed by atoms with Crippen molar-refractivity contribution < 1.29 is 45.0 Å². The van der Waals surface area contributed by atoms with Crippen LogP contribution < -0.4 is 11.0 Å². The van der Waals surface area contributed by atoms with Crippen LogP contribution in [0.15, 0.2) is 101 Å². The van der Waals surface area contributed by atoms with Gasteiger partial charge in [0.15, 0.2) is 0 Å². The molecule has 1 N–H and O–H groups in total. The highest BCUT2D eigenvalue weighted by atomic mass is 32.2. The molecule has 0 radical (unpaired) electrons. The van der Waals surface area contributed by atoms with E-state index in [0.29, 0.717) is 60.3 Å². The second kappa shape index (κ2) is 17.6. The number of imidazole rings is 1. The molecule has 18 heteroatoms. The van der Waals surface area contributed by atoms with Crippen molar-refractivity contribution in [2.45, 2.75) is 49.7 Å². The number of nitrogens with zero attached hydrogens (tertiary/aromatic N) is 6. The van der Waals surface area contributed by atoms with Crippen molar-refractivity contribution in [2.75, 3.05) is 34.3 Å². The van der Waals surface area contributed by atoms with Crippen LogP contribution in [0.4, 0.5) is 18.0 Å². The van der Waals surface area contributed by atoms with Gasteiger partial charge in [0.25, 0.3) is 0 Å². The lowest BCUT2D eigenvalue weighted by Gasteiger charge is -2.28. The Hall–Kier alpha value is -6.03. The number of hydrogen-bond donors (Lipinski definition) is 1. The summed E-state index contributed by atoms with van der Waals surface area (Å²) in [5, 5.41) is 16.5. The average molecular weight is 822 g/mol. The number of alkyl halides is 3. The molecule has 3 aromatic carbocycles. The zero-order chi connectivity index (χ0) is 42.4. The highest BCUT2D eigenvalue weighted by Gasteiger charge is 2.33. The van der Waals surface area contributed by atoms with Gasteiger partial charge in [-0.25, -0.2) is 27.3 Å². The fraction of sp³-hybridized carbons (Fsp3) is 0.325. The van der Waals surface area contributed by atoms with Crippen molar-refractivity contribution in [1.29, 1.82) is 5.26 Å². The van der Waals surface area contributed by atoms with Gasteiger partial charge in [0, 0.05) is 6.04 Å². The van der Waals surface area contributed by atoms with Gasteiger partial charge in [0.2, 0.25) is 0 Å². The van der Waals surface area contributed by atoms with Crippen LogP contribution in [0.1, 0.15) is 42.5 Å². The summed E-state index contributed by atoms with van der Waals surface area (Å²) < 4.78 is 81.4. The first-order valence-corrected chi connectivity index (χ1v) is 19.5. The molecule has 6 rings (SSSR count). The fourth-order valence-corrected chi connectivity index (χ4v) is 6.91. The quantitative estimate of drug-likeness (QED) is 0.112. The van der Waals surface area contributed by atoms with Gasteiger partial charge in [-0.3, -0.25) is 9.36 Å². The molecule has 1 amide bonds. The number of benzene rings is 3. The highest BCUT2D eigenvalue weighted by Crippen LogP contribution is 2.32. The molecule has 0 atom stereocenters. The Morgan fingerprint density at radius 1 is 0.966 bits per heavy atom. The van der Waals surface area contributed by atoms with Crippen LogP contribution in [0.25, 0.3) is 22.8 Å². The van der Waals surface area contributed by atoms with Gasteiger partial charge >= 0.3 is 23.9 Å². The molecule has 1 fully saturated rings. The van der Waals surface area contributed by atoms with Gasteiger partial charge in [-0.1, -0.05) is 24.3 Å². The summed E-state index contributed by atoms with van der Waals surface area (Å²) in [5.74, 6) is -0.563. The number of nitrogens with one attached hydrogen (secondary N) is 1. The largest absolute Gasteiger partial charge is 0.744 e. The molecule has 58 heavy (non-hydrogen) atoms. The van der Waals surface area contributed by atoms with E-state index in [9.17, 15) is 45.8 Å². The van der Waals surface area contributed by atoms with E-state index in [2.05, 4.69) is 10.4 Å². The Morgan fingerprint density at radius 3 is 2.19 bits per heavy atom. The van der Waals surface area contributed by atoms with Crippen molar-refractivity contribution in [2.24, 2.45) is 5.92 Å². The monoisotopic (exact) mass is 821 g/mol. The number of hydrogen-bond acceptors (Lipinski definition) is 9. The molecule has 0 saturated heterocycles. The number of carbonyl (C=O) groups is 2. The lowest BCUT2D eigenvalue weighted by atomic mass is 9.86. The van der Waals surface area contributed by atoms with Crippen molar-refractivity contribution in [3.63, 3.8) is 0 Å². The van der Waals surface area contributed by atoms with E-state index in [-0.39, 0.29) is 39.9 Å². The van der Waals surface area contributed by atoms with Crippen LogP contribution in [0, 0.1) is 24.2 Å². The molecule has 14 nitrogen and oxygen atoms in total. The Bertz CT molecular complexity index is 2460. The molecule has 0 unspecified atom stereocenters. The maximum atomic E-state index is 14.0. The number of nitriles is 1. The van der Waals surface area contributed by atoms with Crippen molar-refractivity contribution in [3.8, 4) is 28.8 Å². The first-order chi connectivity index (χ1) is 27.3. The first kappa shape index (κ1) is 43.1. The summed E-state index contributed by atoms with van der Waals surface area (Å²) in [6.07, 6.45) is -1.25. The molecule has 1 saturated carbocycles. The van der Waals surface area contributed by atoms with Crippen LogP contribution in [0.3, 0.4) is 0 Å². The van der Waals surface area contributed by atoms with Crippen LogP contribution >= 0.6 is 0 Å². The summed E-state index contributed by atoms with van der Waals surface area (Å²) in [6.45, 7) is 2.54. The van der Waals surface area contributed by atoms with E-state index in [1.165, 1.54) is 47.3 Å². The molecular weight excluding hydrogens is 780 g/mol.